The van der Waals surface area contributed by atoms with Gasteiger partial charge in [0.25, 0.3) is 0 Å². The summed E-state index contributed by atoms with van der Waals surface area (Å²) >= 11 is 0. The molecule has 110 valence electrons. The van der Waals surface area contributed by atoms with Crippen LogP contribution in [0.15, 0.2) is 12.3 Å². The van der Waals surface area contributed by atoms with Gasteiger partial charge in [0.05, 0.1) is 24.1 Å². The highest BCUT2D eigenvalue weighted by molar-refractivity contribution is 5.95. The molecule has 5 heteroatoms. The fraction of sp³-hybridized carbons (Fsp3) is 0.600. The highest BCUT2D eigenvalue weighted by Gasteiger charge is 2.44. The summed E-state index contributed by atoms with van der Waals surface area (Å²) in [6, 6.07) is 1.67. The van der Waals surface area contributed by atoms with Crippen molar-refractivity contribution in [2.45, 2.75) is 33.6 Å². The quantitative estimate of drug-likeness (QED) is 0.782. The third-order valence-electron chi connectivity index (χ3n) is 4.17. The van der Waals surface area contributed by atoms with Crippen LogP contribution >= 0.6 is 0 Å². The number of nitrogens with zero attached hydrogens (tertiary/aromatic N) is 1. The third kappa shape index (κ3) is 3.03. The van der Waals surface area contributed by atoms with Crippen LogP contribution in [0.25, 0.3) is 0 Å². The van der Waals surface area contributed by atoms with Gasteiger partial charge in [-0.25, -0.2) is 9.78 Å². The van der Waals surface area contributed by atoms with Crippen molar-refractivity contribution in [3.63, 3.8) is 0 Å². The van der Waals surface area contributed by atoms with E-state index in [-0.39, 0.29) is 0 Å². The first-order chi connectivity index (χ1) is 9.48. The van der Waals surface area contributed by atoms with Gasteiger partial charge in [0.1, 0.15) is 5.82 Å². The van der Waals surface area contributed by atoms with Gasteiger partial charge in [0.2, 0.25) is 0 Å². The number of nitrogens with one attached hydrogen (secondary N) is 1. The normalized spacial score (nSPS) is 16.0. The molecular weight excluding hydrogens is 254 g/mol. The molecule has 0 atom stereocenters. The van der Waals surface area contributed by atoms with Crippen LogP contribution in [-0.4, -0.2) is 24.1 Å². The van der Waals surface area contributed by atoms with E-state index in [9.17, 15) is 4.79 Å². The van der Waals surface area contributed by atoms with Gasteiger partial charge in [0, 0.05) is 6.54 Å². The van der Waals surface area contributed by atoms with Crippen molar-refractivity contribution < 1.29 is 9.53 Å². The number of pyridine rings is 1. The average Bonchev–Trinajstić information content (AvgIpc) is 3.19. The summed E-state index contributed by atoms with van der Waals surface area (Å²) < 4.78 is 4.99. The second-order valence-electron chi connectivity index (χ2n) is 5.75. The number of aromatic nitrogens is 1. The number of anilines is 2. The van der Waals surface area contributed by atoms with E-state index in [1.165, 1.54) is 19.0 Å². The molecule has 0 radical (unpaired) electrons. The van der Waals surface area contributed by atoms with E-state index in [2.05, 4.69) is 24.1 Å². The first-order valence-electron chi connectivity index (χ1n) is 7.15. The molecule has 1 fully saturated rings. The molecule has 2 rings (SSSR count). The van der Waals surface area contributed by atoms with Crippen LogP contribution in [0.5, 0.6) is 0 Å². The first-order valence-corrected chi connectivity index (χ1v) is 7.15. The average molecular weight is 277 g/mol. The topological polar surface area (TPSA) is 77.2 Å². The van der Waals surface area contributed by atoms with Crippen molar-refractivity contribution in [2.24, 2.45) is 11.3 Å². The van der Waals surface area contributed by atoms with Gasteiger partial charge >= 0.3 is 5.97 Å². The molecule has 0 saturated heterocycles. The smallest absolute Gasteiger partial charge is 0.340 e. The Morgan fingerprint density at radius 3 is 2.80 bits per heavy atom. The predicted molar refractivity (Wildman–Crippen MR) is 79.6 cm³/mol. The maximum Gasteiger partial charge on any atom is 0.340 e. The summed E-state index contributed by atoms with van der Waals surface area (Å²) in [4.78, 5) is 16.0. The fourth-order valence-electron chi connectivity index (χ4n) is 2.33. The van der Waals surface area contributed by atoms with Crippen LogP contribution in [0.4, 0.5) is 11.5 Å². The van der Waals surface area contributed by atoms with Crippen molar-refractivity contribution in [1.82, 2.24) is 4.98 Å². The number of esters is 1. The molecule has 0 spiro atoms. The number of hydrogen-bond donors (Lipinski definition) is 2. The van der Waals surface area contributed by atoms with E-state index < -0.39 is 5.97 Å². The molecule has 1 saturated carbocycles. The van der Waals surface area contributed by atoms with E-state index in [1.807, 2.05) is 0 Å². The Balaban J connectivity index is 2.06. The lowest BCUT2D eigenvalue weighted by molar-refractivity contribution is 0.0527. The second kappa shape index (κ2) is 5.69. The number of carbonyl (C=O) groups is 1. The van der Waals surface area contributed by atoms with Crippen molar-refractivity contribution >= 4 is 17.5 Å². The number of nitrogens with two attached hydrogens (primary N) is 1. The fourth-order valence-corrected chi connectivity index (χ4v) is 2.33. The van der Waals surface area contributed by atoms with Gasteiger partial charge in [-0.1, -0.05) is 13.8 Å². The number of ether oxygens (including phenoxy) is 1. The molecule has 1 aromatic heterocycles. The molecule has 0 amide bonds. The Morgan fingerprint density at radius 2 is 2.25 bits per heavy atom. The van der Waals surface area contributed by atoms with Crippen molar-refractivity contribution in [3.05, 3.63) is 17.8 Å². The van der Waals surface area contributed by atoms with E-state index in [4.69, 9.17) is 10.5 Å². The van der Waals surface area contributed by atoms with Gasteiger partial charge in [0.15, 0.2) is 0 Å². The minimum Gasteiger partial charge on any atom is -0.462 e. The zero-order valence-corrected chi connectivity index (χ0v) is 12.4. The van der Waals surface area contributed by atoms with Crippen LogP contribution < -0.4 is 11.1 Å². The zero-order chi connectivity index (χ0) is 14.8. The van der Waals surface area contributed by atoms with Crippen LogP contribution in [-0.2, 0) is 4.74 Å². The molecule has 0 aliphatic heterocycles. The molecule has 1 aliphatic carbocycles. The zero-order valence-electron chi connectivity index (χ0n) is 12.4. The highest BCUT2D eigenvalue weighted by Crippen LogP contribution is 2.51. The van der Waals surface area contributed by atoms with Gasteiger partial charge in [-0.15, -0.1) is 0 Å². The Bertz CT molecular complexity index is 496. The largest absolute Gasteiger partial charge is 0.462 e. The van der Waals surface area contributed by atoms with Crippen molar-refractivity contribution in [2.75, 3.05) is 24.2 Å². The summed E-state index contributed by atoms with van der Waals surface area (Å²) in [5.74, 6) is 0.919. The lowest BCUT2D eigenvalue weighted by Gasteiger charge is -2.20. The van der Waals surface area contributed by atoms with Crippen LogP contribution in [0.2, 0.25) is 0 Å². The predicted octanol–water partition coefficient (Wildman–Crippen LogP) is 2.69. The van der Waals surface area contributed by atoms with E-state index in [0.717, 1.165) is 6.54 Å². The SMILES string of the molecule is CCOC(=O)c1cc(NCC2(C(C)C)CC2)ncc1N. The molecule has 0 aromatic carbocycles. The lowest BCUT2D eigenvalue weighted by Crippen LogP contribution is -2.21. The summed E-state index contributed by atoms with van der Waals surface area (Å²) in [7, 11) is 0. The molecule has 1 aromatic rings. The van der Waals surface area contributed by atoms with Gasteiger partial charge < -0.3 is 15.8 Å². The van der Waals surface area contributed by atoms with E-state index >= 15 is 0 Å². The van der Waals surface area contributed by atoms with Crippen LogP contribution in [0, 0.1) is 11.3 Å². The van der Waals surface area contributed by atoms with E-state index in [1.54, 1.807) is 13.0 Å². The first kappa shape index (κ1) is 14.6. The summed E-state index contributed by atoms with van der Waals surface area (Å²) in [5.41, 5.74) is 6.87. The van der Waals surface area contributed by atoms with Crippen molar-refractivity contribution in [1.29, 1.82) is 0 Å². The molecule has 0 unspecified atom stereocenters. The van der Waals surface area contributed by atoms with Gasteiger partial charge in [-0.05, 0) is 37.2 Å². The lowest BCUT2D eigenvalue weighted by atomic mass is 9.92. The molecule has 0 bridgehead atoms. The van der Waals surface area contributed by atoms with Crippen molar-refractivity contribution in [3.8, 4) is 0 Å². The molecular formula is C15H23N3O2. The number of carbonyl (C=O) groups excluding carboxylic acids is 1. The van der Waals surface area contributed by atoms with Gasteiger partial charge in [-0.3, -0.25) is 0 Å². The van der Waals surface area contributed by atoms with Crippen LogP contribution in [0.1, 0.15) is 44.0 Å². The minimum absolute atomic E-state index is 0.333. The number of rotatable bonds is 6. The Hall–Kier alpha value is -1.78. The standard InChI is InChI=1S/C15H23N3O2/c1-4-20-14(19)11-7-13(17-8-12(11)16)18-9-15(5-6-15)10(2)3/h7-8,10H,4-6,9,16H2,1-3H3,(H,17,18). The van der Waals surface area contributed by atoms with E-state index in [0.29, 0.717) is 35.0 Å². The summed E-state index contributed by atoms with van der Waals surface area (Å²) in [5, 5.41) is 3.32. The Kier molecular flexibility index (Phi) is 4.16. The number of nitrogen functional groups attached to an aromatic ring is 1. The van der Waals surface area contributed by atoms with Gasteiger partial charge in [-0.2, -0.15) is 0 Å². The molecule has 1 aliphatic rings. The number of hydrogen-bond acceptors (Lipinski definition) is 5. The second-order valence-corrected chi connectivity index (χ2v) is 5.75. The highest BCUT2D eigenvalue weighted by atomic mass is 16.5. The minimum atomic E-state index is -0.402. The Morgan fingerprint density at radius 1 is 1.55 bits per heavy atom. The van der Waals surface area contributed by atoms with Crippen LogP contribution in [0.3, 0.4) is 0 Å². The maximum absolute atomic E-state index is 11.8. The molecule has 20 heavy (non-hydrogen) atoms. The third-order valence-corrected chi connectivity index (χ3v) is 4.17. The monoisotopic (exact) mass is 277 g/mol. The molecule has 3 N–H and O–H groups in total. The Labute approximate surface area is 119 Å². The summed E-state index contributed by atoms with van der Waals surface area (Å²) in [6.07, 6.45) is 4.00. The molecule has 1 heterocycles. The molecule has 5 nitrogen and oxygen atoms in total. The maximum atomic E-state index is 11.8. The summed E-state index contributed by atoms with van der Waals surface area (Å²) in [6.45, 7) is 7.47.